The summed E-state index contributed by atoms with van der Waals surface area (Å²) < 4.78 is 5.63. The van der Waals surface area contributed by atoms with Gasteiger partial charge in [-0.3, -0.25) is 4.90 Å². The molecule has 1 aliphatic heterocycles. The van der Waals surface area contributed by atoms with Crippen molar-refractivity contribution in [3.05, 3.63) is 21.4 Å². The quantitative estimate of drug-likeness (QED) is 0.873. The molecule has 0 bridgehead atoms. The summed E-state index contributed by atoms with van der Waals surface area (Å²) in [5.74, 6) is 0.688. The Morgan fingerprint density at radius 2 is 2.19 bits per heavy atom. The summed E-state index contributed by atoms with van der Waals surface area (Å²) in [5, 5.41) is 3.62. The molecule has 1 aliphatic carbocycles. The number of hydrogen-bond acceptors (Lipinski definition) is 4. The highest BCUT2D eigenvalue weighted by Gasteiger charge is 2.26. The second-order valence-electron chi connectivity index (χ2n) is 6.72. The zero-order chi connectivity index (χ0) is 14.8. The molecular weight excluding hydrogens is 280 g/mol. The molecule has 1 aromatic heterocycles. The molecule has 2 fully saturated rings. The van der Waals surface area contributed by atoms with Gasteiger partial charge in [0, 0.05) is 42.5 Å². The van der Waals surface area contributed by atoms with Crippen molar-refractivity contribution in [2.75, 3.05) is 20.2 Å². The fourth-order valence-electron chi connectivity index (χ4n) is 3.15. The SMILES string of the molecule is COC1CN(Cc2cc(CNC3CC3)sc2C)CCC1C. The van der Waals surface area contributed by atoms with Gasteiger partial charge >= 0.3 is 0 Å². The first kappa shape index (κ1) is 15.5. The largest absolute Gasteiger partial charge is 0.380 e. The van der Waals surface area contributed by atoms with Crippen LogP contribution in [0.15, 0.2) is 6.07 Å². The first-order chi connectivity index (χ1) is 10.2. The van der Waals surface area contributed by atoms with E-state index in [1.54, 1.807) is 0 Å². The Kier molecular flexibility index (Phi) is 4.99. The van der Waals surface area contributed by atoms with Gasteiger partial charge in [-0.15, -0.1) is 11.3 Å². The van der Waals surface area contributed by atoms with Crippen molar-refractivity contribution in [3.8, 4) is 0 Å². The highest BCUT2D eigenvalue weighted by molar-refractivity contribution is 7.12. The smallest absolute Gasteiger partial charge is 0.0724 e. The average Bonchev–Trinajstić information content (AvgIpc) is 3.24. The van der Waals surface area contributed by atoms with Crippen molar-refractivity contribution < 1.29 is 4.74 Å². The maximum Gasteiger partial charge on any atom is 0.0724 e. The zero-order valence-corrected chi connectivity index (χ0v) is 14.3. The fraction of sp³-hybridized carbons (Fsp3) is 0.765. The molecule has 3 rings (SSSR count). The third-order valence-electron chi connectivity index (χ3n) is 4.88. The van der Waals surface area contributed by atoms with E-state index in [2.05, 4.69) is 30.1 Å². The molecule has 2 aliphatic rings. The molecule has 4 heteroatoms. The van der Waals surface area contributed by atoms with Gasteiger partial charge in [-0.25, -0.2) is 0 Å². The molecular formula is C17H28N2OS. The number of nitrogens with one attached hydrogen (secondary N) is 1. The lowest BCUT2D eigenvalue weighted by atomic mass is 9.95. The summed E-state index contributed by atoms with van der Waals surface area (Å²) >= 11 is 1.96. The normalized spacial score (nSPS) is 27.2. The fourth-order valence-corrected chi connectivity index (χ4v) is 4.16. The van der Waals surface area contributed by atoms with Crippen molar-refractivity contribution in [3.63, 3.8) is 0 Å². The molecule has 3 nitrogen and oxygen atoms in total. The van der Waals surface area contributed by atoms with Gasteiger partial charge in [0.25, 0.3) is 0 Å². The van der Waals surface area contributed by atoms with Crippen LogP contribution < -0.4 is 5.32 Å². The van der Waals surface area contributed by atoms with Crippen LogP contribution in [0.25, 0.3) is 0 Å². The van der Waals surface area contributed by atoms with Crippen LogP contribution in [0.4, 0.5) is 0 Å². The molecule has 21 heavy (non-hydrogen) atoms. The van der Waals surface area contributed by atoms with Gasteiger partial charge in [0.2, 0.25) is 0 Å². The molecule has 0 spiro atoms. The van der Waals surface area contributed by atoms with Gasteiger partial charge < -0.3 is 10.1 Å². The molecule has 2 unspecified atom stereocenters. The van der Waals surface area contributed by atoms with Crippen LogP contribution in [0.1, 0.15) is 41.5 Å². The van der Waals surface area contributed by atoms with Crippen molar-refractivity contribution in [1.29, 1.82) is 0 Å². The molecule has 1 saturated heterocycles. The Bertz CT molecular complexity index is 469. The molecule has 0 amide bonds. The Hall–Kier alpha value is -0.420. The molecule has 1 aromatic rings. The summed E-state index contributed by atoms with van der Waals surface area (Å²) in [6.45, 7) is 8.98. The van der Waals surface area contributed by atoms with Gasteiger partial charge in [-0.2, -0.15) is 0 Å². The predicted molar refractivity (Wildman–Crippen MR) is 88.8 cm³/mol. The topological polar surface area (TPSA) is 24.5 Å². The number of ether oxygens (including phenoxy) is 1. The third-order valence-corrected chi connectivity index (χ3v) is 5.98. The molecule has 2 atom stereocenters. The Labute approximate surface area is 132 Å². The minimum absolute atomic E-state index is 0.397. The van der Waals surface area contributed by atoms with E-state index in [-0.39, 0.29) is 0 Å². The van der Waals surface area contributed by atoms with Crippen LogP contribution in [-0.2, 0) is 17.8 Å². The van der Waals surface area contributed by atoms with E-state index >= 15 is 0 Å². The molecule has 2 heterocycles. The minimum Gasteiger partial charge on any atom is -0.380 e. The number of thiophene rings is 1. The number of piperidine rings is 1. The van der Waals surface area contributed by atoms with E-state index in [0.717, 1.165) is 25.7 Å². The van der Waals surface area contributed by atoms with Crippen molar-refractivity contribution in [2.45, 2.75) is 58.3 Å². The van der Waals surface area contributed by atoms with Crippen molar-refractivity contribution in [1.82, 2.24) is 10.2 Å². The number of likely N-dealkylation sites (tertiary alicyclic amines) is 1. The van der Waals surface area contributed by atoms with Crippen LogP contribution in [0.3, 0.4) is 0 Å². The van der Waals surface area contributed by atoms with E-state index in [1.807, 2.05) is 18.4 Å². The Morgan fingerprint density at radius 3 is 2.90 bits per heavy atom. The van der Waals surface area contributed by atoms with Crippen LogP contribution in [0.2, 0.25) is 0 Å². The van der Waals surface area contributed by atoms with Crippen LogP contribution in [0.5, 0.6) is 0 Å². The standard InChI is InChI=1S/C17H28N2OS/c1-12-6-7-19(11-17(12)20-3)10-14-8-16(21-13(14)2)9-18-15-4-5-15/h8,12,15,17-18H,4-7,9-11H2,1-3H3. The van der Waals surface area contributed by atoms with Gasteiger partial charge in [-0.1, -0.05) is 6.92 Å². The first-order valence-electron chi connectivity index (χ1n) is 8.22. The second kappa shape index (κ2) is 6.78. The van der Waals surface area contributed by atoms with E-state index in [4.69, 9.17) is 4.74 Å². The zero-order valence-electron chi connectivity index (χ0n) is 13.5. The van der Waals surface area contributed by atoms with Gasteiger partial charge in [-0.05, 0) is 50.3 Å². The van der Waals surface area contributed by atoms with E-state index < -0.39 is 0 Å². The predicted octanol–water partition coefficient (Wildman–Crippen LogP) is 3.17. The first-order valence-corrected chi connectivity index (χ1v) is 9.04. The van der Waals surface area contributed by atoms with Crippen LogP contribution in [0, 0.1) is 12.8 Å². The summed E-state index contributed by atoms with van der Waals surface area (Å²) in [7, 11) is 1.85. The van der Waals surface area contributed by atoms with Gasteiger partial charge in [0.05, 0.1) is 6.10 Å². The monoisotopic (exact) mass is 308 g/mol. The Morgan fingerprint density at radius 1 is 1.38 bits per heavy atom. The highest BCUT2D eigenvalue weighted by atomic mass is 32.1. The lowest BCUT2D eigenvalue weighted by molar-refractivity contribution is -0.00746. The van der Waals surface area contributed by atoms with E-state index in [0.29, 0.717) is 12.0 Å². The second-order valence-corrected chi connectivity index (χ2v) is 8.07. The number of nitrogens with zero attached hydrogens (tertiary/aromatic N) is 1. The Balaban J connectivity index is 1.56. The summed E-state index contributed by atoms with van der Waals surface area (Å²) in [4.78, 5) is 5.53. The van der Waals surface area contributed by atoms with Crippen molar-refractivity contribution in [2.24, 2.45) is 5.92 Å². The van der Waals surface area contributed by atoms with E-state index in [1.165, 1.54) is 41.1 Å². The summed E-state index contributed by atoms with van der Waals surface area (Å²) in [6, 6.07) is 3.21. The van der Waals surface area contributed by atoms with Crippen LogP contribution in [-0.4, -0.2) is 37.2 Å². The lowest BCUT2D eigenvalue weighted by Crippen LogP contribution is -2.43. The lowest BCUT2D eigenvalue weighted by Gasteiger charge is -2.36. The number of hydrogen-bond donors (Lipinski definition) is 1. The minimum atomic E-state index is 0.397. The molecule has 0 aromatic carbocycles. The maximum absolute atomic E-state index is 5.63. The number of methoxy groups -OCH3 is 1. The molecule has 0 radical (unpaired) electrons. The summed E-state index contributed by atoms with van der Waals surface area (Å²) in [6.07, 6.45) is 4.37. The average molecular weight is 308 g/mol. The number of aryl methyl sites for hydroxylation is 1. The highest BCUT2D eigenvalue weighted by Crippen LogP contribution is 2.27. The molecule has 1 saturated carbocycles. The van der Waals surface area contributed by atoms with Gasteiger partial charge in [0.1, 0.15) is 0 Å². The molecule has 118 valence electrons. The summed E-state index contributed by atoms with van der Waals surface area (Å²) in [5.41, 5.74) is 1.51. The third kappa shape index (κ3) is 4.07. The van der Waals surface area contributed by atoms with Crippen molar-refractivity contribution >= 4 is 11.3 Å². The maximum atomic E-state index is 5.63. The number of rotatable bonds is 6. The molecule has 1 N–H and O–H groups in total. The van der Waals surface area contributed by atoms with E-state index in [9.17, 15) is 0 Å². The van der Waals surface area contributed by atoms with Crippen LogP contribution >= 0.6 is 11.3 Å². The van der Waals surface area contributed by atoms with Gasteiger partial charge in [0.15, 0.2) is 0 Å².